The zero-order valence-electron chi connectivity index (χ0n) is 14.3. The van der Waals surface area contributed by atoms with Crippen LogP contribution in [-0.2, 0) is 0 Å². The third kappa shape index (κ3) is 3.59. The van der Waals surface area contributed by atoms with Gasteiger partial charge in [-0.25, -0.2) is 0 Å². The summed E-state index contributed by atoms with van der Waals surface area (Å²) in [5, 5.41) is 0. The normalized spacial score (nSPS) is 11.9. The summed E-state index contributed by atoms with van der Waals surface area (Å²) in [6, 6.07) is 12.3. The van der Waals surface area contributed by atoms with E-state index in [1.54, 1.807) is 21.3 Å². The van der Waals surface area contributed by atoms with Crippen LogP contribution in [-0.4, -0.2) is 27.9 Å². The van der Waals surface area contributed by atoms with Crippen LogP contribution < -0.4 is 19.9 Å². The quantitative estimate of drug-likeness (QED) is 0.843. The average molecular weight is 315 g/mol. The van der Waals surface area contributed by atoms with Gasteiger partial charge in [-0.3, -0.25) is 0 Å². The summed E-state index contributed by atoms with van der Waals surface area (Å²) in [5.41, 5.74) is 9.02. The van der Waals surface area contributed by atoms with Crippen molar-refractivity contribution in [2.45, 2.75) is 19.3 Å². The molecule has 0 amide bonds. The summed E-state index contributed by atoms with van der Waals surface area (Å²) < 4.78 is 16.4. The highest BCUT2D eigenvalue weighted by atomic mass is 16.5. The largest absolute Gasteiger partial charge is 0.493 e. The van der Waals surface area contributed by atoms with Crippen molar-refractivity contribution in [2.24, 2.45) is 5.73 Å². The molecule has 0 saturated carbocycles. The number of hydrogen-bond acceptors (Lipinski definition) is 4. The van der Waals surface area contributed by atoms with E-state index < -0.39 is 0 Å². The van der Waals surface area contributed by atoms with Crippen molar-refractivity contribution in [1.29, 1.82) is 0 Å². The second-order valence-electron chi connectivity index (χ2n) is 5.49. The van der Waals surface area contributed by atoms with Crippen LogP contribution in [0.15, 0.2) is 36.4 Å². The summed E-state index contributed by atoms with van der Waals surface area (Å²) in [5.74, 6) is 2.36. The number of ether oxygens (including phenoxy) is 3. The summed E-state index contributed by atoms with van der Waals surface area (Å²) in [6.07, 6.45) is 0.965. The highest BCUT2D eigenvalue weighted by Gasteiger charge is 2.17. The van der Waals surface area contributed by atoms with E-state index in [1.165, 1.54) is 5.56 Å². The molecule has 23 heavy (non-hydrogen) atoms. The monoisotopic (exact) mass is 315 g/mol. The van der Waals surface area contributed by atoms with Gasteiger partial charge in [-0.15, -0.1) is 0 Å². The Hall–Kier alpha value is -2.20. The van der Waals surface area contributed by atoms with E-state index in [9.17, 15) is 0 Å². The second kappa shape index (κ2) is 7.88. The third-order valence-corrected chi connectivity index (χ3v) is 4.07. The minimum atomic E-state index is 0.422. The van der Waals surface area contributed by atoms with Crippen LogP contribution in [0.3, 0.4) is 0 Å². The Bertz CT molecular complexity index is 655. The molecule has 4 heteroatoms. The molecular weight excluding hydrogens is 290 g/mol. The Morgan fingerprint density at radius 1 is 0.957 bits per heavy atom. The first-order chi connectivity index (χ1) is 11.2. The molecule has 0 aliphatic heterocycles. The number of hydrogen-bond donors (Lipinski definition) is 1. The molecule has 0 aliphatic carbocycles. The molecule has 0 fully saturated rings. The standard InChI is InChI=1S/C19H25NO3/c1-13(10-11-20)14-6-5-7-15(12-14)16-8-9-17(21-2)19(23-4)18(16)22-3/h5-9,12-13H,10-11,20H2,1-4H3. The van der Waals surface area contributed by atoms with Crippen LogP contribution in [0.5, 0.6) is 17.2 Å². The molecule has 0 saturated heterocycles. The summed E-state index contributed by atoms with van der Waals surface area (Å²) >= 11 is 0. The molecule has 2 aromatic rings. The van der Waals surface area contributed by atoms with Crippen LogP contribution in [0.4, 0.5) is 0 Å². The van der Waals surface area contributed by atoms with Crippen LogP contribution in [0.25, 0.3) is 11.1 Å². The molecule has 0 spiro atoms. The molecule has 0 aromatic heterocycles. The van der Waals surface area contributed by atoms with E-state index in [0.717, 1.165) is 17.5 Å². The predicted octanol–water partition coefficient (Wildman–Crippen LogP) is 3.83. The van der Waals surface area contributed by atoms with E-state index in [-0.39, 0.29) is 0 Å². The molecule has 4 nitrogen and oxygen atoms in total. The number of benzene rings is 2. The smallest absolute Gasteiger partial charge is 0.203 e. The minimum Gasteiger partial charge on any atom is -0.493 e. The van der Waals surface area contributed by atoms with Gasteiger partial charge in [0.2, 0.25) is 5.75 Å². The molecule has 0 bridgehead atoms. The maximum Gasteiger partial charge on any atom is 0.203 e. The Labute approximate surface area is 138 Å². The average Bonchev–Trinajstić information content (AvgIpc) is 2.60. The van der Waals surface area contributed by atoms with Crippen LogP contribution in [0, 0.1) is 0 Å². The molecule has 0 aliphatic rings. The highest BCUT2D eigenvalue weighted by molar-refractivity contribution is 5.76. The Morgan fingerprint density at radius 3 is 2.30 bits per heavy atom. The summed E-state index contributed by atoms with van der Waals surface area (Å²) in [7, 11) is 4.87. The molecular formula is C19H25NO3. The fourth-order valence-corrected chi connectivity index (χ4v) is 2.76. The lowest BCUT2D eigenvalue weighted by atomic mass is 9.93. The van der Waals surface area contributed by atoms with Crippen molar-refractivity contribution in [3.8, 4) is 28.4 Å². The topological polar surface area (TPSA) is 53.7 Å². The zero-order chi connectivity index (χ0) is 16.8. The van der Waals surface area contributed by atoms with Gasteiger partial charge in [0.1, 0.15) is 0 Å². The van der Waals surface area contributed by atoms with Crippen LogP contribution in [0.2, 0.25) is 0 Å². The van der Waals surface area contributed by atoms with Crippen molar-refractivity contribution in [3.63, 3.8) is 0 Å². The first kappa shape index (κ1) is 17.2. The molecule has 124 valence electrons. The lowest BCUT2D eigenvalue weighted by molar-refractivity contribution is 0.325. The van der Waals surface area contributed by atoms with Crippen LogP contribution >= 0.6 is 0 Å². The summed E-state index contributed by atoms with van der Waals surface area (Å²) in [4.78, 5) is 0. The Balaban J connectivity index is 2.52. The Morgan fingerprint density at radius 2 is 1.70 bits per heavy atom. The Kier molecular flexibility index (Phi) is 5.88. The van der Waals surface area contributed by atoms with E-state index in [0.29, 0.717) is 29.7 Å². The summed E-state index contributed by atoms with van der Waals surface area (Å²) in [6.45, 7) is 2.88. The van der Waals surface area contributed by atoms with Gasteiger partial charge < -0.3 is 19.9 Å². The first-order valence-electron chi connectivity index (χ1n) is 7.75. The highest BCUT2D eigenvalue weighted by Crippen LogP contribution is 2.44. The molecule has 2 rings (SSSR count). The molecule has 0 radical (unpaired) electrons. The fraction of sp³-hybridized carbons (Fsp3) is 0.368. The van der Waals surface area contributed by atoms with E-state index >= 15 is 0 Å². The maximum absolute atomic E-state index is 5.68. The predicted molar refractivity (Wildman–Crippen MR) is 93.6 cm³/mol. The van der Waals surface area contributed by atoms with Crippen molar-refractivity contribution in [1.82, 2.24) is 0 Å². The minimum absolute atomic E-state index is 0.422. The van der Waals surface area contributed by atoms with Gasteiger partial charge in [-0.2, -0.15) is 0 Å². The SMILES string of the molecule is COc1ccc(-c2cccc(C(C)CCN)c2)c(OC)c1OC. The van der Waals surface area contributed by atoms with Crippen molar-refractivity contribution < 1.29 is 14.2 Å². The van der Waals surface area contributed by atoms with E-state index in [2.05, 4.69) is 31.2 Å². The van der Waals surface area contributed by atoms with Crippen molar-refractivity contribution in [3.05, 3.63) is 42.0 Å². The first-order valence-corrected chi connectivity index (χ1v) is 7.75. The van der Waals surface area contributed by atoms with Gasteiger partial charge in [0.05, 0.1) is 21.3 Å². The molecule has 0 heterocycles. The van der Waals surface area contributed by atoms with Gasteiger partial charge in [-0.1, -0.05) is 31.2 Å². The lowest BCUT2D eigenvalue weighted by Gasteiger charge is -2.17. The van der Waals surface area contributed by atoms with E-state index in [4.69, 9.17) is 19.9 Å². The molecule has 1 atom stereocenters. The van der Waals surface area contributed by atoms with Gasteiger partial charge >= 0.3 is 0 Å². The molecule has 1 unspecified atom stereocenters. The number of nitrogens with two attached hydrogens (primary N) is 1. The fourth-order valence-electron chi connectivity index (χ4n) is 2.76. The maximum atomic E-state index is 5.68. The number of rotatable bonds is 7. The molecule has 2 N–H and O–H groups in total. The number of methoxy groups -OCH3 is 3. The second-order valence-corrected chi connectivity index (χ2v) is 5.49. The lowest BCUT2D eigenvalue weighted by Crippen LogP contribution is -2.04. The van der Waals surface area contributed by atoms with Gasteiger partial charge in [0.15, 0.2) is 11.5 Å². The molecule has 2 aromatic carbocycles. The van der Waals surface area contributed by atoms with Gasteiger partial charge in [0, 0.05) is 5.56 Å². The van der Waals surface area contributed by atoms with Crippen LogP contribution in [0.1, 0.15) is 24.8 Å². The van der Waals surface area contributed by atoms with Gasteiger partial charge in [0.25, 0.3) is 0 Å². The van der Waals surface area contributed by atoms with Crippen molar-refractivity contribution >= 4 is 0 Å². The van der Waals surface area contributed by atoms with Gasteiger partial charge in [-0.05, 0) is 42.1 Å². The zero-order valence-corrected chi connectivity index (χ0v) is 14.3. The van der Waals surface area contributed by atoms with Crippen molar-refractivity contribution in [2.75, 3.05) is 27.9 Å². The van der Waals surface area contributed by atoms with E-state index in [1.807, 2.05) is 12.1 Å². The third-order valence-electron chi connectivity index (χ3n) is 4.07.